The largest absolute Gasteiger partial charge is 0.395 e. The fourth-order valence-electron chi connectivity index (χ4n) is 3.61. The lowest BCUT2D eigenvalue weighted by atomic mass is 10.0. The number of hydrogen-bond acceptors (Lipinski definition) is 4. The zero-order valence-corrected chi connectivity index (χ0v) is 13.2. The van der Waals surface area contributed by atoms with Crippen LogP contribution in [0.25, 0.3) is 0 Å². The number of likely N-dealkylation sites (tertiary alicyclic amines) is 2. The normalized spacial score (nSPS) is 25.9. The van der Waals surface area contributed by atoms with Gasteiger partial charge in [0, 0.05) is 44.8 Å². The quantitative estimate of drug-likeness (QED) is 0.888. The summed E-state index contributed by atoms with van der Waals surface area (Å²) in [6.07, 6.45) is 2.73. The third kappa shape index (κ3) is 3.37. The lowest BCUT2D eigenvalue weighted by molar-refractivity contribution is 0.00294. The summed E-state index contributed by atoms with van der Waals surface area (Å²) in [6.45, 7) is 0.514. The van der Waals surface area contributed by atoms with Crippen molar-refractivity contribution in [2.24, 2.45) is 7.05 Å². The summed E-state index contributed by atoms with van der Waals surface area (Å²) >= 11 is 0. The van der Waals surface area contributed by atoms with Crippen LogP contribution in [0, 0.1) is 0 Å². The molecule has 1 amide bonds. The second-order valence-electron chi connectivity index (χ2n) is 6.47. The summed E-state index contributed by atoms with van der Waals surface area (Å²) in [4.78, 5) is 15.8. The first-order valence-corrected chi connectivity index (χ1v) is 7.93. The van der Waals surface area contributed by atoms with Gasteiger partial charge in [0.15, 0.2) is 0 Å². The van der Waals surface area contributed by atoms with Crippen LogP contribution in [0.4, 0.5) is 8.78 Å². The van der Waals surface area contributed by atoms with E-state index in [2.05, 4.69) is 5.10 Å². The zero-order valence-electron chi connectivity index (χ0n) is 13.2. The van der Waals surface area contributed by atoms with Gasteiger partial charge in [-0.25, -0.2) is 8.78 Å². The highest BCUT2D eigenvalue weighted by Crippen LogP contribution is 2.35. The molecular formula is C15H22F2N4O2. The number of aryl methyl sites for hydroxylation is 1. The number of rotatable bonds is 3. The molecule has 2 saturated heterocycles. The highest BCUT2D eigenvalue weighted by atomic mass is 19.3. The molecule has 0 bridgehead atoms. The van der Waals surface area contributed by atoms with Gasteiger partial charge in [-0.05, 0) is 18.9 Å². The average Bonchev–Trinajstić information content (AvgIpc) is 3.09. The fourth-order valence-corrected chi connectivity index (χ4v) is 3.61. The summed E-state index contributed by atoms with van der Waals surface area (Å²) in [5.74, 6) is -2.84. The van der Waals surface area contributed by atoms with Gasteiger partial charge in [0.25, 0.3) is 11.8 Å². The first kappa shape index (κ1) is 16.3. The van der Waals surface area contributed by atoms with Crippen LogP contribution in [-0.4, -0.2) is 74.8 Å². The van der Waals surface area contributed by atoms with Crippen molar-refractivity contribution in [1.29, 1.82) is 0 Å². The standard InChI is InChI=1S/C15H22F2N4O2/c1-19-5-4-13(18-19)14(23)20-6-2-11(3-7-20)21-10-15(16,17)8-12(21)9-22/h4-5,11-12,22H,2-3,6-10H2,1H3/t12-/m0/s1. The number of amides is 1. The van der Waals surface area contributed by atoms with Crippen molar-refractivity contribution in [2.75, 3.05) is 26.2 Å². The molecule has 23 heavy (non-hydrogen) atoms. The minimum atomic E-state index is -2.73. The van der Waals surface area contributed by atoms with Crippen LogP contribution in [0.1, 0.15) is 29.8 Å². The number of alkyl halides is 2. The molecule has 0 radical (unpaired) electrons. The van der Waals surface area contributed by atoms with Gasteiger partial charge in [-0.1, -0.05) is 0 Å². The zero-order chi connectivity index (χ0) is 16.6. The van der Waals surface area contributed by atoms with E-state index >= 15 is 0 Å². The van der Waals surface area contributed by atoms with Crippen molar-refractivity contribution in [2.45, 2.75) is 37.3 Å². The van der Waals surface area contributed by atoms with Gasteiger partial charge >= 0.3 is 0 Å². The van der Waals surface area contributed by atoms with Crippen molar-refractivity contribution in [3.63, 3.8) is 0 Å². The molecule has 1 N–H and O–H groups in total. The Kier molecular flexibility index (Phi) is 4.37. The van der Waals surface area contributed by atoms with Crippen LogP contribution >= 0.6 is 0 Å². The molecule has 0 unspecified atom stereocenters. The molecule has 0 saturated carbocycles. The first-order valence-electron chi connectivity index (χ1n) is 7.93. The molecule has 6 nitrogen and oxygen atoms in total. The number of hydrogen-bond donors (Lipinski definition) is 1. The van der Waals surface area contributed by atoms with Gasteiger partial charge < -0.3 is 10.0 Å². The number of nitrogens with zero attached hydrogens (tertiary/aromatic N) is 4. The van der Waals surface area contributed by atoms with E-state index in [-0.39, 0.29) is 31.5 Å². The van der Waals surface area contributed by atoms with Crippen molar-refractivity contribution >= 4 is 5.91 Å². The van der Waals surface area contributed by atoms with Crippen LogP contribution in [0.3, 0.4) is 0 Å². The lowest BCUT2D eigenvalue weighted by Gasteiger charge is -2.38. The van der Waals surface area contributed by atoms with Crippen LogP contribution < -0.4 is 0 Å². The second kappa shape index (κ2) is 6.16. The highest BCUT2D eigenvalue weighted by Gasteiger charge is 2.47. The Balaban J connectivity index is 1.59. The molecule has 2 aliphatic heterocycles. The molecule has 1 aromatic heterocycles. The Hall–Kier alpha value is -1.54. The molecule has 1 atom stereocenters. The summed E-state index contributed by atoms with van der Waals surface area (Å²) in [5.41, 5.74) is 0.409. The molecule has 3 heterocycles. The summed E-state index contributed by atoms with van der Waals surface area (Å²) in [6, 6.07) is 1.19. The van der Waals surface area contributed by atoms with E-state index < -0.39 is 12.0 Å². The van der Waals surface area contributed by atoms with Crippen LogP contribution in [0.15, 0.2) is 12.3 Å². The number of carbonyl (C=O) groups is 1. The first-order chi connectivity index (χ1) is 10.9. The van der Waals surface area contributed by atoms with Crippen molar-refractivity contribution in [3.8, 4) is 0 Å². The molecule has 3 rings (SSSR count). The number of aromatic nitrogens is 2. The molecule has 2 aliphatic rings. The van der Waals surface area contributed by atoms with E-state index in [1.54, 1.807) is 33.8 Å². The number of halogens is 2. The van der Waals surface area contributed by atoms with E-state index in [9.17, 15) is 18.7 Å². The highest BCUT2D eigenvalue weighted by molar-refractivity contribution is 5.92. The smallest absolute Gasteiger partial charge is 0.274 e. The second-order valence-corrected chi connectivity index (χ2v) is 6.47. The topological polar surface area (TPSA) is 61.6 Å². The molecule has 0 aliphatic carbocycles. The van der Waals surface area contributed by atoms with Crippen molar-refractivity contribution in [3.05, 3.63) is 18.0 Å². The van der Waals surface area contributed by atoms with Crippen LogP contribution in [-0.2, 0) is 7.05 Å². The van der Waals surface area contributed by atoms with Gasteiger partial charge in [-0.15, -0.1) is 0 Å². The Morgan fingerprint density at radius 1 is 1.43 bits per heavy atom. The van der Waals surface area contributed by atoms with Gasteiger partial charge in [0.05, 0.1) is 13.2 Å². The SMILES string of the molecule is Cn1ccc(C(=O)N2CCC(N3CC(F)(F)C[C@H]3CO)CC2)n1. The molecule has 128 valence electrons. The van der Waals surface area contributed by atoms with Gasteiger partial charge in [-0.3, -0.25) is 14.4 Å². The maximum Gasteiger partial charge on any atom is 0.274 e. The molecule has 0 spiro atoms. The number of piperidine rings is 1. The van der Waals surface area contributed by atoms with E-state index in [1.165, 1.54) is 0 Å². The van der Waals surface area contributed by atoms with E-state index in [4.69, 9.17) is 0 Å². The number of aliphatic hydroxyl groups is 1. The number of carbonyl (C=O) groups excluding carboxylic acids is 1. The summed E-state index contributed by atoms with van der Waals surface area (Å²) in [7, 11) is 1.76. The van der Waals surface area contributed by atoms with Crippen LogP contribution in [0.2, 0.25) is 0 Å². The molecular weight excluding hydrogens is 306 g/mol. The lowest BCUT2D eigenvalue weighted by Crippen LogP contribution is -2.49. The maximum absolute atomic E-state index is 13.6. The summed E-state index contributed by atoms with van der Waals surface area (Å²) in [5, 5.41) is 13.4. The van der Waals surface area contributed by atoms with E-state index in [1.807, 2.05) is 0 Å². The minimum absolute atomic E-state index is 0.00620. The Morgan fingerprint density at radius 2 is 2.13 bits per heavy atom. The third-order valence-electron chi connectivity index (χ3n) is 4.78. The minimum Gasteiger partial charge on any atom is -0.395 e. The van der Waals surface area contributed by atoms with E-state index in [0.717, 1.165) is 0 Å². The van der Waals surface area contributed by atoms with E-state index in [0.29, 0.717) is 31.6 Å². The Labute approximate surface area is 133 Å². The molecule has 0 aromatic carbocycles. The van der Waals surface area contributed by atoms with Crippen LogP contribution in [0.5, 0.6) is 0 Å². The average molecular weight is 328 g/mol. The molecule has 8 heteroatoms. The predicted molar refractivity (Wildman–Crippen MR) is 79.3 cm³/mol. The number of aliphatic hydroxyl groups excluding tert-OH is 1. The van der Waals surface area contributed by atoms with Gasteiger partial charge in [0.2, 0.25) is 0 Å². The molecule has 2 fully saturated rings. The molecule has 1 aromatic rings. The Morgan fingerprint density at radius 3 is 2.70 bits per heavy atom. The van der Waals surface area contributed by atoms with Gasteiger partial charge in [0.1, 0.15) is 5.69 Å². The third-order valence-corrected chi connectivity index (χ3v) is 4.78. The predicted octanol–water partition coefficient (Wildman–Crippen LogP) is 0.727. The van der Waals surface area contributed by atoms with Crippen molar-refractivity contribution < 1.29 is 18.7 Å². The summed E-state index contributed by atoms with van der Waals surface area (Å²) < 4.78 is 28.8. The van der Waals surface area contributed by atoms with Gasteiger partial charge in [-0.2, -0.15) is 5.10 Å². The maximum atomic E-state index is 13.6. The Bertz CT molecular complexity index is 570. The fraction of sp³-hybridized carbons (Fsp3) is 0.733. The van der Waals surface area contributed by atoms with Crippen molar-refractivity contribution in [1.82, 2.24) is 19.6 Å². The monoisotopic (exact) mass is 328 g/mol.